The second-order valence-corrected chi connectivity index (χ2v) is 12.7. The summed E-state index contributed by atoms with van der Waals surface area (Å²) in [5.74, 6) is 0.461. The molecule has 0 saturated heterocycles. The van der Waals surface area contributed by atoms with Crippen LogP contribution < -0.4 is 5.73 Å². The number of ether oxygens (including phenoxy) is 1. The fourth-order valence-corrected chi connectivity index (χ4v) is 3.15. The Morgan fingerprint density at radius 2 is 1.96 bits per heavy atom. The van der Waals surface area contributed by atoms with E-state index < -0.39 is 8.07 Å². The highest BCUT2D eigenvalue weighted by molar-refractivity contribution is 6.76. The molecule has 2 heterocycles. The van der Waals surface area contributed by atoms with Crippen molar-refractivity contribution in [3.8, 4) is 11.3 Å². The standard InChI is InChI=1S/C17H23N5OSi/c1-24(2,3)7-6-23-12-22-11-21-14-5-4-13(8-16(14)22)15-9-17(18)20-10-19-15/h4-5,8-11H,6-7,12H2,1-3H3,(H2,18,19,20). The van der Waals surface area contributed by atoms with Crippen LogP contribution in [0.2, 0.25) is 25.7 Å². The highest BCUT2D eigenvalue weighted by atomic mass is 28.3. The van der Waals surface area contributed by atoms with Crippen LogP contribution in [-0.2, 0) is 11.5 Å². The average molecular weight is 341 g/mol. The van der Waals surface area contributed by atoms with Crippen LogP contribution in [0, 0.1) is 0 Å². The van der Waals surface area contributed by atoms with Crippen molar-refractivity contribution in [2.75, 3.05) is 12.3 Å². The maximum absolute atomic E-state index is 5.84. The zero-order valence-electron chi connectivity index (χ0n) is 14.4. The topological polar surface area (TPSA) is 78.9 Å². The van der Waals surface area contributed by atoms with Crippen LogP contribution in [0.4, 0.5) is 5.82 Å². The molecule has 0 radical (unpaired) electrons. The molecule has 0 fully saturated rings. The van der Waals surface area contributed by atoms with Crippen LogP contribution in [-0.4, -0.2) is 34.2 Å². The van der Waals surface area contributed by atoms with Gasteiger partial charge in [-0.15, -0.1) is 0 Å². The molecule has 0 saturated carbocycles. The van der Waals surface area contributed by atoms with E-state index in [1.165, 1.54) is 6.33 Å². The molecular weight excluding hydrogens is 318 g/mol. The number of nitrogens with two attached hydrogens (primary N) is 1. The molecule has 0 aliphatic rings. The maximum Gasteiger partial charge on any atom is 0.127 e. The normalized spacial score (nSPS) is 12.0. The molecule has 126 valence electrons. The number of imidazole rings is 1. The summed E-state index contributed by atoms with van der Waals surface area (Å²) in [4.78, 5) is 12.7. The van der Waals surface area contributed by atoms with Crippen LogP contribution >= 0.6 is 0 Å². The minimum atomic E-state index is -1.07. The lowest BCUT2D eigenvalue weighted by Gasteiger charge is -2.15. The molecule has 24 heavy (non-hydrogen) atoms. The Morgan fingerprint density at radius 1 is 1.12 bits per heavy atom. The highest BCUT2D eigenvalue weighted by Crippen LogP contribution is 2.23. The molecule has 0 aliphatic carbocycles. The lowest BCUT2D eigenvalue weighted by molar-refractivity contribution is 0.0898. The molecule has 0 unspecified atom stereocenters. The third-order valence-corrected chi connectivity index (χ3v) is 5.54. The number of rotatable bonds is 6. The molecule has 0 atom stereocenters. The molecule has 2 N–H and O–H groups in total. The van der Waals surface area contributed by atoms with Gasteiger partial charge in [-0.05, 0) is 18.2 Å². The van der Waals surface area contributed by atoms with Crippen molar-refractivity contribution < 1.29 is 4.74 Å². The first-order valence-corrected chi connectivity index (χ1v) is 11.7. The summed E-state index contributed by atoms with van der Waals surface area (Å²) in [5.41, 5.74) is 9.50. The number of fused-ring (bicyclic) bond motifs is 1. The zero-order chi connectivity index (χ0) is 17.2. The van der Waals surface area contributed by atoms with E-state index in [1.54, 1.807) is 6.07 Å². The van der Waals surface area contributed by atoms with E-state index >= 15 is 0 Å². The van der Waals surface area contributed by atoms with Crippen molar-refractivity contribution in [3.63, 3.8) is 0 Å². The summed E-state index contributed by atoms with van der Waals surface area (Å²) >= 11 is 0. The van der Waals surface area contributed by atoms with E-state index in [0.717, 1.165) is 34.9 Å². The van der Waals surface area contributed by atoms with Gasteiger partial charge in [0.15, 0.2) is 0 Å². The maximum atomic E-state index is 5.84. The van der Waals surface area contributed by atoms with Crippen molar-refractivity contribution in [1.82, 2.24) is 19.5 Å². The molecule has 0 amide bonds. The predicted molar refractivity (Wildman–Crippen MR) is 99.3 cm³/mol. The summed E-state index contributed by atoms with van der Waals surface area (Å²) in [5, 5.41) is 0. The molecule has 0 spiro atoms. The molecule has 1 aromatic carbocycles. The summed E-state index contributed by atoms with van der Waals surface area (Å²) in [6.45, 7) is 8.35. The predicted octanol–water partition coefficient (Wildman–Crippen LogP) is 3.39. The van der Waals surface area contributed by atoms with Gasteiger partial charge in [0.05, 0.1) is 23.1 Å². The summed E-state index contributed by atoms with van der Waals surface area (Å²) in [7, 11) is -1.07. The highest BCUT2D eigenvalue weighted by Gasteiger charge is 2.12. The lowest BCUT2D eigenvalue weighted by Crippen LogP contribution is -2.21. The van der Waals surface area contributed by atoms with Gasteiger partial charge in [0.2, 0.25) is 0 Å². The van der Waals surface area contributed by atoms with Gasteiger partial charge in [-0.1, -0.05) is 25.7 Å². The number of nitrogen functional groups attached to an aromatic ring is 1. The zero-order valence-corrected chi connectivity index (χ0v) is 15.4. The van der Waals surface area contributed by atoms with E-state index in [2.05, 4.69) is 40.7 Å². The number of hydrogen-bond donors (Lipinski definition) is 1. The minimum Gasteiger partial charge on any atom is -0.384 e. The summed E-state index contributed by atoms with van der Waals surface area (Å²) in [6.07, 6.45) is 3.29. The number of aromatic nitrogens is 4. The van der Waals surface area contributed by atoms with E-state index in [0.29, 0.717) is 12.5 Å². The molecule has 0 aliphatic heterocycles. The third-order valence-electron chi connectivity index (χ3n) is 3.83. The first-order chi connectivity index (χ1) is 11.4. The fraction of sp³-hybridized carbons (Fsp3) is 0.353. The Hall–Kier alpha value is -2.25. The molecule has 7 heteroatoms. The van der Waals surface area contributed by atoms with Crippen LogP contribution in [0.1, 0.15) is 0 Å². The van der Waals surface area contributed by atoms with Gasteiger partial charge in [-0.2, -0.15) is 0 Å². The van der Waals surface area contributed by atoms with Crippen LogP contribution in [0.15, 0.2) is 36.9 Å². The Labute approximate surface area is 142 Å². The second kappa shape index (κ2) is 6.70. The molecular formula is C17H23N5OSi. The van der Waals surface area contributed by atoms with Gasteiger partial charge in [-0.3, -0.25) is 0 Å². The van der Waals surface area contributed by atoms with Crippen LogP contribution in [0.3, 0.4) is 0 Å². The molecule has 3 aromatic rings. The first-order valence-electron chi connectivity index (χ1n) is 8.03. The second-order valence-electron chi connectivity index (χ2n) is 7.09. The van der Waals surface area contributed by atoms with Crippen molar-refractivity contribution in [3.05, 3.63) is 36.9 Å². The monoisotopic (exact) mass is 341 g/mol. The van der Waals surface area contributed by atoms with Crippen LogP contribution in [0.25, 0.3) is 22.3 Å². The van der Waals surface area contributed by atoms with Gasteiger partial charge >= 0.3 is 0 Å². The van der Waals surface area contributed by atoms with Crippen molar-refractivity contribution in [2.45, 2.75) is 32.4 Å². The van der Waals surface area contributed by atoms with E-state index in [1.807, 2.05) is 23.0 Å². The fourth-order valence-electron chi connectivity index (χ4n) is 2.39. The Bertz CT molecular complexity index is 840. The SMILES string of the molecule is C[Si](C)(C)CCOCn1cnc2ccc(-c3cc(N)ncn3)cc21. The molecule has 0 bridgehead atoms. The Kier molecular flexibility index (Phi) is 4.63. The van der Waals surface area contributed by atoms with Gasteiger partial charge in [0.1, 0.15) is 18.9 Å². The molecule has 3 rings (SSSR count). The van der Waals surface area contributed by atoms with Gasteiger partial charge in [0.25, 0.3) is 0 Å². The van der Waals surface area contributed by atoms with Gasteiger partial charge in [0, 0.05) is 26.3 Å². The number of nitrogens with zero attached hydrogens (tertiary/aromatic N) is 4. The van der Waals surface area contributed by atoms with Gasteiger partial charge < -0.3 is 15.0 Å². The smallest absolute Gasteiger partial charge is 0.127 e. The van der Waals surface area contributed by atoms with Gasteiger partial charge in [-0.25, -0.2) is 15.0 Å². The number of anilines is 1. The van der Waals surface area contributed by atoms with Crippen molar-refractivity contribution in [1.29, 1.82) is 0 Å². The van der Waals surface area contributed by atoms with E-state index in [4.69, 9.17) is 10.5 Å². The van der Waals surface area contributed by atoms with E-state index in [9.17, 15) is 0 Å². The lowest BCUT2D eigenvalue weighted by atomic mass is 10.1. The third kappa shape index (κ3) is 3.98. The number of hydrogen-bond acceptors (Lipinski definition) is 5. The Balaban J connectivity index is 1.79. The largest absolute Gasteiger partial charge is 0.384 e. The van der Waals surface area contributed by atoms with E-state index in [-0.39, 0.29) is 0 Å². The van der Waals surface area contributed by atoms with Crippen molar-refractivity contribution >= 4 is 24.9 Å². The molecule has 6 nitrogen and oxygen atoms in total. The minimum absolute atomic E-state index is 0.461. The van der Waals surface area contributed by atoms with Crippen LogP contribution in [0.5, 0.6) is 0 Å². The molecule has 2 aromatic heterocycles. The number of benzene rings is 1. The average Bonchev–Trinajstić information content (AvgIpc) is 2.93. The Morgan fingerprint density at radius 3 is 2.71 bits per heavy atom. The quantitative estimate of drug-likeness (QED) is 0.549. The summed E-state index contributed by atoms with van der Waals surface area (Å²) < 4.78 is 7.86. The first kappa shape index (κ1) is 16.6. The summed E-state index contributed by atoms with van der Waals surface area (Å²) in [6, 6.07) is 8.97. The van der Waals surface area contributed by atoms with Crippen molar-refractivity contribution in [2.24, 2.45) is 0 Å².